The average molecular weight is 436 g/mol. The highest BCUT2D eigenvalue weighted by molar-refractivity contribution is 7.98. The molecule has 0 aliphatic heterocycles. The summed E-state index contributed by atoms with van der Waals surface area (Å²) in [5, 5.41) is 10.7. The molecule has 1 aliphatic rings. The highest BCUT2D eigenvalue weighted by Crippen LogP contribution is 2.37. The predicted octanol–water partition coefficient (Wildman–Crippen LogP) is 7.19. The molecule has 0 saturated heterocycles. The van der Waals surface area contributed by atoms with Crippen molar-refractivity contribution in [3.05, 3.63) is 63.9 Å². The minimum Gasteiger partial charge on any atom is -0.299 e. The standard InChI is InChI=1S/C21H20Cl2FN3S/c22-17-11-10-14(12-18(17)23)13-28-21-26-25-20(16-8-4-5-9-19(16)24)27(21)15-6-2-1-3-7-15/h4-5,8-12,15H,1-3,6-7,13H2. The van der Waals surface area contributed by atoms with Crippen molar-refractivity contribution < 1.29 is 4.39 Å². The summed E-state index contributed by atoms with van der Waals surface area (Å²) in [4.78, 5) is 0. The SMILES string of the molecule is Fc1ccccc1-c1nnc(SCc2ccc(Cl)c(Cl)c2)n1C1CCCCC1. The predicted molar refractivity (Wildman–Crippen MR) is 114 cm³/mol. The van der Waals surface area contributed by atoms with E-state index in [0.717, 1.165) is 23.6 Å². The largest absolute Gasteiger partial charge is 0.299 e. The lowest BCUT2D eigenvalue weighted by Crippen LogP contribution is -2.15. The molecule has 0 bridgehead atoms. The van der Waals surface area contributed by atoms with Gasteiger partial charge in [-0.2, -0.15) is 0 Å². The van der Waals surface area contributed by atoms with Gasteiger partial charge in [-0.15, -0.1) is 10.2 Å². The Hall–Kier alpha value is -1.56. The van der Waals surface area contributed by atoms with Gasteiger partial charge in [0, 0.05) is 11.8 Å². The van der Waals surface area contributed by atoms with Crippen LogP contribution in [0.3, 0.4) is 0 Å². The molecule has 146 valence electrons. The van der Waals surface area contributed by atoms with E-state index in [9.17, 15) is 4.39 Å². The Bertz CT molecular complexity index is 970. The maximum absolute atomic E-state index is 14.4. The first kappa shape index (κ1) is 19.7. The first-order valence-electron chi connectivity index (χ1n) is 9.40. The Kier molecular flexibility index (Phi) is 6.24. The van der Waals surface area contributed by atoms with Crippen LogP contribution in [0.2, 0.25) is 10.0 Å². The fourth-order valence-electron chi connectivity index (χ4n) is 3.65. The molecular weight excluding hydrogens is 416 g/mol. The average Bonchev–Trinajstić information content (AvgIpc) is 3.13. The molecule has 1 fully saturated rings. The third-order valence-corrected chi connectivity index (χ3v) is 6.82. The third kappa shape index (κ3) is 4.22. The number of aromatic nitrogens is 3. The Morgan fingerprint density at radius 3 is 2.54 bits per heavy atom. The molecule has 3 aromatic rings. The van der Waals surface area contributed by atoms with Crippen LogP contribution in [-0.4, -0.2) is 14.8 Å². The van der Waals surface area contributed by atoms with Crippen LogP contribution >= 0.6 is 35.0 Å². The lowest BCUT2D eigenvalue weighted by Gasteiger charge is -2.25. The third-order valence-electron chi connectivity index (χ3n) is 5.07. The summed E-state index contributed by atoms with van der Waals surface area (Å²) in [6, 6.07) is 12.7. The fraction of sp³-hybridized carbons (Fsp3) is 0.333. The van der Waals surface area contributed by atoms with Gasteiger partial charge in [0.15, 0.2) is 11.0 Å². The summed E-state index contributed by atoms with van der Waals surface area (Å²) in [7, 11) is 0. The van der Waals surface area contributed by atoms with Gasteiger partial charge < -0.3 is 0 Å². The number of benzene rings is 2. The van der Waals surface area contributed by atoms with E-state index in [1.807, 2.05) is 18.2 Å². The van der Waals surface area contributed by atoms with E-state index in [0.29, 0.717) is 33.2 Å². The Morgan fingerprint density at radius 2 is 1.79 bits per heavy atom. The van der Waals surface area contributed by atoms with Crippen molar-refractivity contribution in [1.82, 2.24) is 14.8 Å². The van der Waals surface area contributed by atoms with Crippen molar-refractivity contribution in [3.8, 4) is 11.4 Å². The van der Waals surface area contributed by atoms with E-state index >= 15 is 0 Å². The molecule has 1 aliphatic carbocycles. The fourth-order valence-corrected chi connectivity index (χ4v) is 4.92. The second kappa shape index (κ2) is 8.85. The zero-order valence-electron chi connectivity index (χ0n) is 15.2. The van der Waals surface area contributed by atoms with Crippen molar-refractivity contribution in [2.75, 3.05) is 0 Å². The van der Waals surface area contributed by atoms with Gasteiger partial charge in [0.2, 0.25) is 0 Å². The summed E-state index contributed by atoms with van der Waals surface area (Å²) in [6.45, 7) is 0. The first-order valence-corrected chi connectivity index (χ1v) is 11.1. The maximum Gasteiger partial charge on any atom is 0.192 e. The highest BCUT2D eigenvalue weighted by atomic mass is 35.5. The molecule has 2 aromatic carbocycles. The van der Waals surface area contributed by atoms with Crippen molar-refractivity contribution in [1.29, 1.82) is 0 Å². The second-order valence-corrected chi connectivity index (χ2v) is 8.74. The molecular formula is C21H20Cl2FN3S. The van der Waals surface area contributed by atoms with Gasteiger partial charge in [0.25, 0.3) is 0 Å². The highest BCUT2D eigenvalue weighted by Gasteiger charge is 2.25. The Labute approximate surface area is 178 Å². The molecule has 0 radical (unpaired) electrons. The van der Waals surface area contributed by atoms with Gasteiger partial charge >= 0.3 is 0 Å². The zero-order chi connectivity index (χ0) is 19.5. The molecule has 7 heteroatoms. The lowest BCUT2D eigenvalue weighted by atomic mass is 9.95. The van der Waals surface area contributed by atoms with Crippen molar-refractivity contribution >= 4 is 35.0 Å². The molecule has 0 unspecified atom stereocenters. The van der Waals surface area contributed by atoms with Crippen LogP contribution in [0.1, 0.15) is 43.7 Å². The summed E-state index contributed by atoms with van der Waals surface area (Å²) >= 11 is 13.7. The van der Waals surface area contributed by atoms with Gasteiger partial charge in [-0.25, -0.2) is 4.39 Å². The quantitative estimate of drug-likeness (QED) is 0.397. The lowest BCUT2D eigenvalue weighted by molar-refractivity contribution is 0.339. The van der Waals surface area contributed by atoms with Gasteiger partial charge in [-0.1, -0.05) is 72.4 Å². The van der Waals surface area contributed by atoms with Gasteiger partial charge in [0.05, 0.1) is 15.6 Å². The van der Waals surface area contributed by atoms with E-state index in [1.165, 1.54) is 25.3 Å². The monoisotopic (exact) mass is 435 g/mol. The smallest absolute Gasteiger partial charge is 0.192 e. The van der Waals surface area contributed by atoms with E-state index in [2.05, 4.69) is 14.8 Å². The van der Waals surface area contributed by atoms with Crippen LogP contribution in [0, 0.1) is 5.82 Å². The van der Waals surface area contributed by atoms with E-state index in [1.54, 1.807) is 30.0 Å². The first-order chi connectivity index (χ1) is 13.6. The molecule has 4 rings (SSSR count). The number of thioether (sulfide) groups is 1. The van der Waals surface area contributed by atoms with Crippen LogP contribution < -0.4 is 0 Å². The topological polar surface area (TPSA) is 30.7 Å². The molecule has 1 aromatic heterocycles. The van der Waals surface area contributed by atoms with Crippen LogP contribution in [-0.2, 0) is 5.75 Å². The molecule has 0 spiro atoms. The number of nitrogens with zero attached hydrogens (tertiary/aromatic N) is 3. The van der Waals surface area contributed by atoms with Crippen molar-refractivity contribution in [2.45, 2.75) is 49.1 Å². The van der Waals surface area contributed by atoms with E-state index in [-0.39, 0.29) is 5.82 Å². The summed E-state index contributed by atoms with van der Waals surface area (Å²) in [6.07, 6.45) is 5.74. The van der Waals surface area contributed by atoms with Crippen LogP contribution in [0.5, 0.6) is 0 Å². The minimum absolute atomic E-state index is 0.270. The molecule has 0 atom stereocenters. The molecule has 3 nitrogen and oxygen atoms in total. The second-order valence-electron chi connectivity index (χ2n) is 6.98. The van der Waals surface area contributed by atoms with Crippen LogP contribution in [0.4, 0.5) is 4.39 Å². The Balaban J connectivity index is 1.66. The van der Waals surface area contributed by atoms with E-state index in [4.69, 9.17) is 23.2 Å². The number of rotatable bonds is 5. The molecule has 0 N–H and O–H groups in total. The summed E-state index contributed by atoms with van der Waals surface area (Å²) in [5.74, 6) is 1.04. The normalized spacial score (nSPS) is 15.1. The Morgan fingerprint density at radius 1 is 1.00 bits per heavy atom. The van der Waals surface area contributed by atoms with E-state index < -0.39 is 0 Å². The molecule has 0 amide bonds. The maximum atomic E-state index is 14.4. The summed E-state index contributed by atoms with van der Waals surface area (Å²) < 4.78 is 16.6. The zero-order valence-corrected chi connectivity index (χ0v) is 17.6. The summed E-state index contributed by atoms with van der Waals surface area (Å²) in [5.41, 5.74) is 1.56. The molecule has 28 heavy (non-hydrogen) atoms. The molecule has 1 saturated carbocycles. The van der Waals surface area contributed by atoms with Crippen molar-refractivity contribution in [2.24, 2.45) is 0 Å². The molecule has 1 heterocycles. The van der Waals surface area contributed by atoms with Crippen LogP contribution in [0.25, 0.3) is 11.4 Å². The van der Waals surface area contributed by atoms with Gasteiger partial charge in [-0.05, 0) is 42.7 Å². The van der Waals surface area contributed by atoms with Crippen LogP contribution in [0.15, 0.2) is 47.6 Å². The van der Waals surface area contributed by atoms with Gasteiger partial charge in [0.1, 0.15) is 5.82 Å². The number of hydrogen-bond acceptors (Lipinski definition) is 3. The van der Waals surface area contributed by atoms with Gasteiger partial charge in [-0.3, -0.25) is 4.57 Å². The number of hydrogen-bond donors (Lipinski definition) is 0. The van der Waals surface area contributed by atoms with Crippen molar-refractivity contribution in [3.63, 3.8) is 0 Å². The minimum atomic E-state index is -0.270. The number of halogens is 3.